The van der Waals surface area contributed by atoms with E-state index in [2.05, 4.69) is 15.2 Å². The number of nitrogens with zero attached hydrogens (tertiary/aromatic N) is 3. The molecule has 27 heavy (non-hydrogen) atoms. The number of rotatable bonds is 4. The topological polar surface area (TPSA) is 112 Å². The second-order valence-corrected chi connectivity index (χ2v) is 7.06. The summed E-state index contributed by atoms with van der Waals surface area (Å²) < 4.78 is 0. The van der Waals surface area contributed by atoms with Gasteiger partial charge in [0.05, 0.1) is 11.4 Å². The van der Waals surface area contributed by atoms with Crippen LogP contribution in [0.4, 0.5) is 16.3 Å². The Kier molecular flexibility index (Phi) is 5.55. The molecule has 1 aliphatic rings. The number of hydrogen-bond donors (Lipinski definition) is 3. The second kappa shape index (κ2) is 7.87. The summed E-state index contributed by atoms with van der Waals surface area (Å²) in [5, 5.41) is 13.1. The molecule has 0 saturated carbocycles. The average Bonchev–Trinajstić information content (AvgIpc) is 2.64. The summed E-state index contributed by atoms with van der Waals surface area (Å²) in [6.07, 6.45) is 0. The van der Waals surface area contributed by atoms with Crippen LogP contribution in [0.25, 0.3) is 10.9 Å². The summed E-state index contributed by atoms with van der Waals surface area (Å²) in [5.41, 5.74) is 7.65. The van der Waals surface area contributed by atoms with Crippen LogP contribution < -0.4 is 16.0 Å². The van der Waals surface area contributed by atoms with Crippen LogP contribution in [0.1, 0.15) is 6.92 Å². The Morgan fingerprint density at radius 2 is 2.00 bits per heavy atom. The van der Waals surface area contributed by atoms with E-state index in [1.165, 1.54) is 0 Å². The first-order valence-electron chi connectivity index (χ1n) is 8.71. The molecule has 1 aromatic carbocycles. The van der Waals surface area contributed by atoms with E-state index in [-0.39, 0.29) is 12.6 Å². The molecular weight excluding hydrogens is 370 g/mol. The highest BCUT2D eigenvalue weighted by Gasteiger charge is 2.23. The Morgan fingerprint density at radius 1 is 1.30 bits per heavy atom. The number of carbonyl (C=O) groups is 2. The lowest BCUT2D eigenvalue weighted by Gasteiger charge is -2.36. The number of carboxylic acid groups (broad SMARTS) is 1. The number of fused-ring (bicyclic) bond motifs is 1. The molecule has 1 atom stereocenters. The first-order valence-corrected chi connectivity index (χ1v) is 9.09. The summed E-state index contributed by atoms with van der Waals surface area (Å²) in [4.78, 5) is 31.3. The number of urea groups is 1. The van der Waals surface area contributed by atoms with Crippen LogP contribution in [0.5, 0.6) is 0 Å². The van der Waals surface area contributed by atoms with Crippen LogP contribution in [0.2, 0.25) is 5.02 Å². The first kappa shape index (κ1) is 19.0. The van der Waals surface area contributed by atoms with Crippen molar-refractivity contribution in [2.24, 2.45) is 5.92 Å². The van der Waals surface area contributed by atoms with Crippen LogP contribution >= 0.6 is 11.6 Å². The summed E-state index contributed by atoms with van der Waals surface area (Å²) in [7, 11) is 0. The van der Waals surface area contributed by atoms with Crippen molar-refractivity contribution in [2.75, 3.05) is 43.4 Å². The van der Waals surface area contributed by atoms with Gasteiger partial charge in [-0.2, -0.15) is 0 Å². The fourth-order valence-electron chi connectivity index (χ4n) is 3.05. The third-order valence-electron chi connectivity index (χ3n) is 4.66. The van der Waals surface area contributed by atoms with Crippen molar-refractivity contribution in [1.82, 2.24) is 15.2 Å². The zero-order chi connectivity index (χ0) is 19.6. The number of nitrogens with one attached hydrogen (secondary N) is 1. The smallest absolute Gasteiger partial charge is 0.317 e. The Morgan fingerprint density at radius 3 is 2.67 bits per heavy atom. The number of nitrogen functional groups attached to an aromatic ring is 1. The van der Waals surface area contributed by atoms with E-state index in [1.54, 1.807) is 17.9 Å². The van der Waals surface area contributed by atoms with E-state index in [4.69, 9.17) is 22.4 Å². The molecule has 1 fully saturated rings. The van der Waals surface area contributed by atoms with E-state index >= 15 is 0 Å². The van der Waals surface area contributed by atoms with Crippen molar-refractivity contribution in [3.63, 3.8) is 0 Å². The largest absolute Gasteiger partial charge is 0.481 e. The molecule has 1 saturated heterocycles. The summed E-state index contributed by atoms with van der Waals surface area (Å²) in [6.45, 7) is 4.02. The monoisotopic (exact) mass is 391 g/mol. The van der Waals surface area contributed by atoms with Crippen molar-refractivity contribution < 1.29 is 14.7 Å². The van der Waals surface area contributed by atoms with Gasteiger partial charge in [-0.25, -0.2) is 9.78 Å². The van der Waals surface area contributed by atoms with E-state index in [1.807, 2.05) is 18.2 Å². The average molecular weight is 392 g/mol. The molecule has 0 radical (unpaired) electrons. The molecule has 0 bridgehead atoms. The maximum Gasteiger partial charge on any atom is 0.317 e. The predicted octanol–water partition coefficient (Wildman–Crippen LogP) is 2.02. The standard InChI is InChI=1S/C18H22ClN5O3/c1-11(17(25)26)10-21-18(27)24-6-4-23(5-7-24)15-9-16(20)22-14-8-12(19)2-3-13(14)15/h2-3,8-9,11H,4-7,10H2,1H3,(H2,20,22)(H,21,27)(H,25,26)/t11-/m0/s1. The lowest BCUT2D eigenvalue weighted by Crippen LogP contribution is -2.52. The minimum absolute atomic E-state index is 0.112. The van der Waals surface area contributed by atoms with Gasteiger partial charge in [0.1, 0.15) is 5.82 Å². The van der Waals surface area contributed by atoms with Gasteiger partial charge in [-0.3, -0.25) is 4.79 Å². The molecule has 0 spiro atoms. The fourth-order valence-corrected chi connectivity index (χ4v) is 3.22. The highest BCUT2D eigenvalue weighted by Crippen LogP contribution is 2.30. The number of piperazine rings is 1. The second-order valence-electron chi connectivity index (χ2n) is 6.63. The number of pyridine rings is 1. The van der Waals surface area contributed by atoms with E-state index < -0.39 is 11.9 Å². The third kappa shape index (κ3) is 4.33. The zero-order valence-corrected chi connectivity index (χ0v) is 15.7. The quantitative estimate of drug-likeness (QED) is 0.735. The number of hydrogen-bond acceptors (Lipinski definition) is 5. The Bertz CT molecular complexity index is 862. The highest BCUT2D eigenvalue weighted by molar-refractivity contribution is 6.31. The number of amides is 2. The number of aromatic nitrogens is 1. The molecule has 8 nitrogen and oxygen atoms in total. The molecule has 3 rings (SSSR count). The van der Waals surface area contributed by atoms with Gasteiger partial charge in [0, 0.05) is 54.9 Å². The number of carboxylic acids is 1. The van der Waals surface area contributed by atoms with Crippen LogP contribution in [0.3, 0.4) is 0 Å². The molecule has 1 aliphatic heterocycles. The van der Waals surface area contributed by atoms with Crippen LogP contribution in [0.15, 0.2) is 24.3 Å². The van der Waals surface area contributed by atoms with Crippen LogP contribution in [-0.2, 0) is 4.79 Å². The Balaban J connectivity index is 1.67. The number of nitrogens with two attached hydrogens (primary N) is 1. The van der Waals surface area contributed by atoms with E-state index in [9.17, 15) is 9.59 Å². The lowest BCUT2D eigenvalue weighted by atomic mass is 10.1. The maximum atomic E-state index is 12.2. The summed E-state index contributed by atoms with van der Waals surface area (Å²) >= 11 is 6.05. The molecule has 2 amide bonds. The van der Waals surface area contributed by atoms with Gasteiger partial charge in [0.25, 0.3) is 0 Å². The number of aliphatic carboxylic acids is 1. The molecule has 144 valence electrons. The van der Waals surface area contributed by atoms with E-state index in [0.717, 1.165) is 16.6 Å². The minimum atomic E-state index is -0.928. The van der Waals surface area contributed by atoms with Gasteiger partial charge in [0.2, 0.25) is 0 Å². The third-order valence-corrected chi connectivity index (χ3v) is 4.89. The molecule has 1 aromatic heterocycles. The Labute approximate surface area is 161 Å². The molecule has 2 aromatic rings. The summed E-state index contributed by atoms with van der Waals surface area (Å²) in [6, 6.07) is 7.11. The number of anilines is 2. The molecule has 4 N–H and O–H groups in total. The lowest BCUT2D eigenvalue weighted by molar-refractivity contribution is -0.140. The molecular formula is C18H22ClN5O3. The van der Waals surface area contributed by atoms with E-state index in [0.29, 0.717) is 37.0 Å². The zero-order valence-electron chi connectivity index (χ0n) is 15.0. The molecule has 0 aliphatic carbocycles. The van der Waals surface area contributed by atoms with Gasteiger partial charge in [0.15, 0.2) is 0 Å². The van der Waals surface area contributed by atoms with Crippen molar-refractivity contribution in [1.29, 1.82) is 0 Å². The predicted molar refractivity (Wildman–Crippen MR) is 105 cm³/mol. The maximum absolute atomic E-state index is 12.2. The highest BCUT2D eigenvalue weighted by atomic mass is 35.5. The van der Waals surface area contributed by atoms with Crippen molar-refractivity contribution in [3.05, 3.63) is 29.3 Å². The van der Waals surface area contributed by atoms with Gasteiger partial charge in [-0.15, -0.1) is 0 Å². The van der Waals surface area contributed by atoms with Gasteiger partial charge in [-0.05, 0) is 18.2 Å². The van der Waals surface area contributed by atoms with Crippen LogP contribution in [-0.4, -0.2) is 59.7 Å². The van der Waals surface area contributed by atoms with Gasteiger partial charge in [-0.1, -0.05) is 18.5 Å². The molecule has 9 heteroatoms. The normalized spacial score (nSPS) is 15.6. The first-order chi connectivity index (χ1) is 12.8. The summed E-state index contributed by atoms with van der Waals surface area (Å²) in [5.74, 6) is -1.13. The van der Waals surface area contributed by atoms with Crippen LogP contribution in [0, 0.1) is 5.92 Å². The van der Waals surface area contributed by atoms with Gasteiger partial charge < -0.3 is 26.0 Å². The Hall–Kier alpha value is -2.74. The molecule has 2 heterocycles. The number of carbonyl (C=O) groups excluding carboxylic acids is 1. The van der Waals surface area contributed by atoms with Crippen molar-refractivity contribution in [2.45, 2.75) is 6.92 Å². The molecule has 0 unspecified atom stereocenters. The number of halogens is 1. The number of benzene rings is 1. The van der Waals surface area contributed by atoms with Crippen molar-refractivity contribution in [3.8, 4) is 0 Å². The van der Waals surface area contributed by atoms with Crippen molar-refractivity contribution >= 4 is 46.0 Å². The SMILES string of the molecule is C[C@@H](CNC(=O)N1CCN(c2cc(N)nc3cc(Cl)ccc23)CC1)C(=O)O. The minimum Gasteiger partial charge on any atom is -0.481 e. The van der Waals surface area contributed by atoms with Gasteiger partial charge >= 0.3 is 12.0 Å². The fraction of sp³-hybridized carbons (Fsp3) is 0.389.